The van der Waals surface area contributed by atoms with Gasteiger partial charge in [-0.15, -0.1) is 0 Å². The van der Waals surface area contributed by atoms with Gasteiger partial charge in [-0.2, -0.15) is 0 Å². The van der Waals surface area contributed by atoms with Crippen LogP contribution in [0.4, 0.5) is 0 Å². The summed E-state index contributed by atoms with van der Waals surface area (Å²) in [7, 11) is -0.696. The normalized spacial score (nSPS) is 17.1. The van der Waals surface area contributed by atoms with Gasteiger partial charge < -0.3 is 9.47 Å². The van der Waals surface area contributed by atoms with Crippen molar-refractivity contribution >= 4 is 19.2 Å². The first-order chi connectivity index (χ1) is 10.4. The number of benzene rings is 2. The van der Waals surface area contributed by atoms with Crippen LogP contribution in [0.2, 0.25) is 6.04 Å². The van der Waals surface area contributed by atoms with Crippen molar-refractivity contribution in [3.8, 4) is 0 Å². The molecule has 1 radical (unpaired) electrons. The molecule has 1 fully saturated rings. The Morgan fingerprint density at radius 2 is 1.52 bits per heavy atom. The third-order valence-electron chi connectivity index (χ3n) is 3.67. The lowest BCUT2D eigenvalue weighted by Crippen LogP contribution is -2.42. The molecule has 0 amide bonds. The third kappa shape index (κ3) is 4.53. The molecule has 21 heavy (non-hydrogen) atoms. The van der Waals surface area contributed by atoms with Gasteiger partial charge in [0.25, 0.3) is 0 Å². The number of rotatable bonds is 8. The fourth-order valence-electron chi connectivity index (χ4n) is 2.46. The van der Waals surface area contributed by atoms with Crippen molar-refractivity contribution < 1.29 is 9.47 Å². The molecular formula is C18H21O2Si. The van der Waals surface area contributed by atoms with Gasteiger partial charge in [0.1, 0.15) is 14.9 Å². The second-order valence-corrected chi connectivity index (χ2v) is 7.96. The second-order valence-electron chi connectivity index (χ2n) is 5.34. The maximum atomic E-state index is 5.67. The van der Waals surface area contributed by atoms with Gasteiger partial charge in [-0.25, -0.2) is 0 Å². The van der Waals surface area contributed by atoms with Crippen LogP contribution in [0.3, 0.4) is 0 Å². The Labute approximate surface area is 128 Å². The lowest BCUT2D eigenvalue weighted by molar-refractivity contribution is 0.117. The molecule has 109 valence electrons. The Balaban J connectivity index is 1.59. The van der Waals surface area contributed by atoms with E-state index in [-0.39, 0.29) is 0 Å². The SMILES string of the molecule is c1ccc([Si](CCCOCC2CO2)c2ccccc2)cc1. The topological polar surface area (TPSA) is 21.8 Å². The van der Waals surface area contributed by atoms with Gasteiger partial charge in [0.2, 0.25) is 0 Å². The van der Waals surface area contributed by atoms with E-state index in [9.17, 15) is 0 Å². The first kappa shape index (κ1) is 14.5. The maximum Gasteiger partial charge on any atom is 0.121 e. The molecule has 1 unspecified atom stereocenters. The standard InChI is InChI=1S/C18H21O2Si/c1-3-8-17(9-4-1)21(18-10-5-2-6-11-18)13-7-12-19-14-16-15-20-16/h1-6,8-11,16H,7,12-15H2. The van der Waals surface area contributed by atoms with Crippen molar-refractivity contribution in [3.05, 3.63) is 60.7 Å². The summed E-state index contributed by atoms with van der Waals surface area (Å²) in [5.74, 6) is 0. The average molecular weight is 297 g/mol. The summed E-state index contributed by atoms with van der Waals surface area (Å²) in [6, 6.07) is 23.0. The molecule has 3 rings (SSSR count). The quantitative estimate of drug-likeness (QED) is 0.423. The van der Waals surface area contributed by atoms with E-state index in [4.69, 9.17) is 9.47 Å². The van der Waals surface area contributed by atoms with Crippen LogP contribution >= 0.6 is 0 Å². The minimum Gasteiger partial charge on any atom is -0.379 e. The molecule has 1 heterocycles. The summed E-state index contributed by atoms with van der Waals surface area (Å²) >= 11 is 0. The lowest BCUT2D eigenvalue weighted by atomic mass is 10.4. The van der Waals surface area contributed by atoms with Gasteiger partial charge in [-0.1, -0.05) is 71.0 Å². The average Bonchev–Trinajstić information content (AvgIpc) is 3.37. The van der Waals surface area contributed by atoms with E-state index in [1.807, 2.05) is 0 Å². The fraction of sp³-hybridized carbons (Fsp3) is 0.333. The zero-order valence-electron chi connectivity index (χ0n) is 12.2. The van der Waals surface area contributed by atoms with Crippen molar-refractivity contribution in [3.63, 3.8) is 0 Å². The van der Waals surface area contributed by atoms with Crippen molar-refractivity contribution in [1.82, 2.24) is 0 Å². The van der Waals surface area contributed by atoms with Crippen molar-refractivity contribution in [1.29, 1.82) is 0 Å². The first-order valence-corrected chi connectivity index (χ1v) is 9.30. The van der Waals surface area contributed by atoms with E-state index in [1.54, 1.807) is 0 Å². The summed E-state index contributed by atoms with van der Waals surface area (Å²) in [5, 5.41) is 2.97. The minimum atomic E-state index is -0.696. The van der Waals surface area contributed by atoms with Crippen LogP contribution in [0, 0.1) is 0 Å². The molecule has 0 aromatic heterocycles. The van der Waals surface area contributed by atoms with E-state index in [0.717, 1.165) is 26.2 Å². The van der Waals surface area contributed by atoms with E-state index < -0.39 is 8.80 Å². The van der Waals surface area contributed by atoms with Gasteiger partial charge >= 0.3 is 0 Å². The van der Waals surface area contributed by atoms with Crippen molar-refractivity contribution in [2.75, 3.05) is 19.8 Å². The predicted octanol–water partition coefficient (Wildman–Crippen LogP) is 2.10. The van der Waals surface area contributed by atoms with Crippen LogP contribution in [-0.4, -0.2) is 34.7 Å². The number of hydrogen-bond acceptors (Lipinski definition) is 2. The molecule has 1 aliphatic rings. The Bertz CT molecular complexity index is 486. The van der Waals surface area contributed by atoms with Crippen molar-refractivity contribution in [2.24, 2.45) is 0 Å². The molecule has 0 bridgehead atoms. The predicted molar refractivity (Wildman–Crippen MR) is 87.9 cm³/mol. The van der Waals surface area contributed by atoms with Crippen LogP contribution in [0.5, 0.6) is 0 Å². The van der Waals surface area contributed by atoms with E-state index >= 15 is 0 Å². The van der Waals surface area contributed by atoms with Crippen molar-refractivity contribution in [2.45, 2.75) is 18.6 Å². The molecule has 0 N–H and O–H groups in total. The summed E-state index contributed by atoms with van der Waals surface area (Å²) in [4.78, 5) is 0. The minimum absolute atomic E-state index is 0.373. The van der Waals surface area contributed by atoms with Crippen LogP contribution < -0.4 is 10.4 Å². The Kier molecular flexibility index (Phi) is 5.22. The van der Waals surface area contributed by atoms with Gasteiger partial charge in [-0.05, 0) is 12.5 Å². The fourth-order valence-corrected chi connectivity index (χ4v) is 5.06. The molecule has 1 atom stereocenters. The Hall–Kier alpha value is -1.42. The highest BCUT2D eigenvalue weighted by molar-refractivity contribution is 6.85. The molecule has 1 aliphatic heterocycles. The number of epoxide rings is 1. The van der Waals surface area contributed by atoms with Crippen LogP contribution in [0.1, 0.15) is 6.42 Å². The monoisotopic (exact) mass is 297 g/mol. The largest absolute Gasteiger partial charge is 0.379 e. The zero-order chi connectivity index (χ0) is 14.3. The van der Waals surface area contributed by atoms with E-state index in [2.05, 4.69) is 60.7 Å². The highest BCUT2D eigenvalue weighted by Gasteiger charge is 2.22. The molecule has 0 aliphatic carbocycles. The van der Waals surface area contributed by atoms with Gasteiger partial charge in [0.05, 0.1) is 13.2 Å². The van der Waals surface area contributed by atoms with Crippen LogP contribution in [0.15, 0.2) is 60.7 Å². The Morgan fingerprint density at radius 1 is 0.952 bits per heavy atom. The summed E-state index contributed by atoms with van der Waals surface area (Å²) < 4.78 is 10.8. The summed E-state index contributed by atoms with van der Waals surface area (Å²) in [5.41, 5.74) is 0. The molecule has 1 saturated heterocycles. The van der Waals surface area contributed by atoms with Gasteiger partial charge in [0, 0.05) is 6.61 Å². The molecule has 2 aromatic carbocycles. The number of hydrogen-bond donors (Lipinski definition) is 0. The molecular weight excluding hydrogens is 276 g/mol. The maximum absolute atomic E-state index is 5.67. The molecule has 0 saturated carbocycles. The summed E-state index contributed by atoms with van der Waals surface area (Å²) in [6.07, 6.45) is 1.49. The number of ether oxygens (including phenoxy) is 2. The lowest BCUT2D eigenvalue weighted by Gasteiger charge is -2.16. The molecule has 3 heteroatoms. The Morgan fingerprint density at radius 3 is 2.05 bits per heavy atom. The third-order valence-corrected chi connectivity index (χ3v) is 6.58. The van der Waals surface area contributed by atoms with Gasteiger partial charge in [-0.3, -0.25) is 0 Å². The first-order valence-electron chi connectivity index (χ1n) is 7.59. The smallest absolute Gasteiger partial charge is 0.121 e. The van der Waals surface area contributed by atoms with Gasteiger partial charge in [0.15, 0.2) is 0 Å². The molecule has 2 aromatic rings. The van der Waals surface area contributed by atoms with Crippen LogP contribution in [-0.2, 0) is 9.47 Å². The van der Waals surface area contributed by atoms with E-state index in [0.29, 0.717) is 6.10 Å². The van der Waals surface area contributed by atoms with E-state index in [1.165, 1.54) is 16.4 Å². The highest BCUT2D eigenvalue weighted by Crippen LogP contribution is 2.09. The van der Waals surface area contributed by atoms with Crippen LogP contribution in [0.25, 0.3) is 0 Å². The second kappa shape index (κ2) is 7.55. The summed E-state index contributed by atoms with van der Waals surface area (Å²) in [6.45, 7) is 2.48. The highest BCUT2D eigenvalue weighted by atomic mass is 28.3. The molecule has 2 nitrogen and oxygen atoms in total. The molecule has 0 spiro atoms. The zero-order valence-corrected chi connectivity index (χ0v) is 13.2.